The average Bonchev–Trinajstić information content (AvgIpc) is 2.55. The molecule has 8 nitrogen and oxygen atoms in total. The summed E-state index contributed by atoms with van der Waals surface area (Å²) < 4.78 is 11.9. The lowest BCUT2D eigenvalue weighted by atomic mass is 9.88. The number of carbonyl (C=O) groups excluding carboxylic acids is 2. The summed E-state index contributed by atoms with van der Waals surface area (Å²) in [5.41, 5.74) is -1.11. The molecule has 3 saturated heterocycles. The molecule has 2 N–H and O–H groups in total. The summed E-state index contributed by atoms with van der Waals surface area (Å²) in [6.45, 7) is 11.9. The van der Waals surface area contributed by atoms with E-state index in [0.717, 1.165) is 0 Å². The van der Waals surface area contributed by atoms with Gasteiger partial charge in [0.25, 0.3) is 0 Å². The fourth-order valence-electron chi connectivity index (χ4n) is 4.22. The number of hydrogen-bond acceptors (Lipinski definition) is 6. The lowest BCUT2D eigenvalue weighted by Crippen LogP contribution is -2.74. The number of hydrogen-bond donors (Lipinski definition) is 2. The smallest absolute Gasteiger partial charge is 0.228 e. The van der Waals surface area contributed by atoms with E-state index in [4.69, 9.17) is 9.47 Å². The first-order valence-electron chi connectivity index (χ1n) is 10.0. The Balaban J connectivity index is 1.75. The number of carbonyl (C=O) groups is 2. The Kier molecular flexibility index (Phi) is 5.11. The van der Waals surface area contributed by atoms with Crippen molar-refractivity contribution in [2.75, 3.05) is 26.2 Å². The molecule has 0 aromatic carbocycles. The van der Waals surface area contributed by atoms with Gasteiger partial charge in [-0.2, -0.15) is 0 Å². The van der Waals surface area contributed by atoms with Crippen LogP contribution in [0.1, 0.15) is 54.4 Å². The molecule has 0 bridgehead atoms. The predicted octanol–water partition coefficient (Wildman–Crippen LogP) is 0.704. The topological polar surface area (TPSA) is 99.5 Å². The van der Waals surface area contributed by atoms with Gasteiger partial charge in [0, 0.05) is 23.9 Å². The van der Waals surface area contributed by atoms with Crippen LogP contribution in [0.4, 0.5) is 0 Å². The Hall–Kier alpha value is -1.22. The van der Waals surface area contributed by atoms with Crippen LogP contribution >= 0.6 is 0 Å². The molecule has 0 spiro atoms. The highest BCUT2D eigenvalue weighted by molar-refractivity contribution is 5.82. The lowest BCUT2D eigenvalue weighted by Gasteiger charge is -2.57. The fraction of sp³-hybridized carbons (Fsp3) is 0.900. The van der Waals surface area contributed by atoms with Crippen LogP contribution in [0.15, 0.2) is 0 Å². The molecule has 8 heteroatoms. The van der Waals surface area contributed by atoms with Crippen LogP contribution < -0.4 is 0 Å². The van der Waals surface area contributed by atoms with E-state index < -0.39 is 34.6 Å². The average molecular weight is 399 g/mol. The summed E-state index contributed by atoms with van der Waals surface area (Å²) >= 11 is 0. The van der Waals surface area contributed by atoms with Crippen molar-refractivity contribution < 1.29 is 29.3 Å². The highest BCUT2D eigenvalue weighted by atomic mass is 16.7. The monoisotopic (exact) mass is 398 g/mol. The third kappa shape index (κ3) is 3.79. The Labute approximate surface area is 166 Å². The first-order valence-corrected chi connectivity index (χ1v) is 10.0. The van der Waals surface area contributed by atoms with E-state index in [2.05, 4.69) is 0 Å². The molecule has 0 radical (unpaired) electrons. The number of β-amino-alcohol motifs (C(OH)–C–C–N with tert-alkyl or cyclic N) is 2. The normalized spacial score (nSPS) is 36.6. The summed E-state index contributed by atoms with van der Waals surface area (Å²) in [7, 11) is 0. The minimum absolute atomic E-state index is 0.00495. The SMILES string of the molecule is CC(C)(C)C(=O)N1CC[C@@H]2O[C@]3(O)CN(C(=O)C(C)(C)C)CC[C@@H]3O[C@]2(O)C1. The summed E-state index contributed by atoms with van der Waals surface area (Å²) in [5, 5.41) is 22.2. The van der Waals surface area contributed by atoms with Crippen molar-refractivity contribution in [3.63, 3.8) is 0 Å². The number of fused-ring (bicyclic) bond motifs is 2. The molecule has 3 rings (SSSR count). The second-order valence-electron chi connectivity index (χ2n) is 10.4. The van der Waals surface area contributed by atoms with E-state index in [1.54, 1.807) is 9.80 Å². The van der Waals surface area contributed by atoms with Gasteiger partial charge in [0.05, 0.1) is 13.1 Å². The minimum Gasteiger partial charge on any atom is -0.362 e. The second kappa shape index (κ2) is 6.65. The van der Waals surface area contributed by atoms with Crippen LogP contribution in [-0.4, -0.2) is 81.8 Å². The Morgan fingerprint density at radius 3 is 1.39 bits per heavy atom. The third-order valence-electron chi connectivity index (χ3n) is 5.71. The summed E-state index contributed by atoms with van der Waals surface area (Å²) in [6.07, 6.45) is -0.828. The maximum absolute atomic E-state index is 12.6. The van der Waals surface area contributed by atoms with Crippen molar-refractivity contribution in [3.05, 3.63) is 0 Å². The van der Waals surface area contributed by atoms with Crippen molar-refractivity contribution in [2.24, 2.45) is 10.8 Å². The number of rotatable bonds is 0. The van der Waals surface area contributed by atoms with Crippen LogP contribution in [0.5, 0.6) is 0 Å². The van der Waals surface area contributed by atoms with Gasteiger partial charge in [0.1, 0.15) is 12.2 Å². The van der Waals surface area contributed by atoms with Gasteiger partial charge in [-0.25, -0.2) is 0 Å². The molecule has 0 unspecified atom stereocenters. The largest absolute Gasteiger partial charge is 0.362 e. The lowest BCUT2D eigenvalue weighted by molar-refractivity contribution is -0.438. The van der Waals surface area contributed by atoms with Crippen molar-refractivity contribution >= 4 is 11.8 Å². The zero-order chi connectivity index (χ0) is 21.1. The van der Waals surface area contributed by atoms with Gasteiger partial charge in [-0.05, 0) is 12.8 Å². The number of ether oxygens (including phenoxy) is 2. The predicted molar refractivity (Wildman–Crippen MR) is 101 cm³/mol. The number of nitrogens with zero attached hydrogens (tertiary/aromatic N) is 2. The minimum atomic E-state index is -1.66. The van der Waals surface area contributed by atoms with Gasteiger partial charge in [0.2, 0.25) is 23.4 Å². The maximum atomic E-state index is 12.6. The molecule has 3 aliphatic heterocycles. The second-order valence-corrected chi connectivity index (χ2v) is 10.4. The third-order valence-corrected chi connectivity index (χ3v) is 5.71. The van der Waals surface area contributed by atoms with E-state index in [9.17, 15) is 19.8 Å². The van der Waals surface area contributed by atoms with Crippen LogP contribution in [0.2, 0.25) is 0 Å². The first kappa shape index (κ1) is 21.5. The van der Waals surface area contributed by atoms with E-state index in [0.29, 0.717) is 25.9 Å². The zero-order valence-electron chi connectivity index (χ0n) is 17.8. The first-order chi connectivity index (χ1) is 12.7. The summed E-state index contributed by atoms with van der Waals surface area (Å²) in [6, 6.07) is 0. The molecule has 0 saturated carbocycles. The summed E-state index contributed by atoms with van der Waals surface area (Å²) in [5.74, 6) is -3.44. The molecule has 3 aliphatic rings. The van der Waals surface area contributed by atoms with Gasteiger partial charge >= 0.3 is 0 Å². The zero-order valence-corrected chi connectivity index (χ0v) is 17.8. The highest BCUT2D eigenvalue weighted by Crippen LogP contribution is 2.42. The molecular formula is C20H34N2O6. The standard InChI is InChI=1S/C20H34N2O6/c1-17(2,3)15(23)21-9-7-13-19(25,11-21)27-14-8-10-22(12-20(14,26)28-13)16(24)18(4,5)6/h13-14,25-26H,7-12H2,1-6H3/t13-,14-,19+,20+/m0/s1. The molecule has 28 heavy (non-hydrogen) atoms. The van der Waals surface area contributed by atoms with E-state index in [1.165, 1.54) is 0 Å². The Morgan fingerprint density at radius 1 is 0.786 bits per heavy atom. The molecule has 4 atom stereocenters. The van der Waals surface area contributed by atoms with Crippen LogP contribution in [-0.2, 0) is 19.1 Å². The van der Waals surface area contributed by atoms with Crippen molar-refractivity contribution in [1.82, 2.24) is 9.80 Å². The van der Waals surface area contributed by atoms with Crippen LogP contribution in [0, 0.1) is 10.8 Å². The molecular weight excluding hydrogens is 364 g/mol. The van der Waals surface area contributed by atoms with E-state index >= 15 is 0 Å². The van der Waals surface area contributed by atoms with Crippen molar-refractivity contribution in [3.8, 4) is 0 Å². The molecule has 160 valence electrons. The van der Waals surface area contributed by atoms with Gasteiger partial charge in [-0.3, -0.25) is 9.59 Å². The van der Waals surface area contributed by atoms with Gasteiger partial charge in [-0.1, -0.05) is 41.5 Å². The Morgan fingerprint density at radius 2 is 1.11 bits per heavy atom. The number of piperidine rings is 2. The van der Waals surface area contributed by atoms with Gasteiger partial charge < -0.3 is 29.5 Å². The van der Waals surface area contributed by atoms with Crippen LogP contribution in [0.3, 0.4) is 0 Å². The van der Waals surface area contributed by atoms with Gasteiger partial charge in [-0.15, -0.1) is 0 Å². The van der Waals surface area contributed by atoms with Gasteiger partial charge in [0.15, 0.2) is 0 Å². The number of aliphatic hydroxyl groups is 2. The Bertz CT molecular complexity index is 598. The maximum Gasteiger partial charge on any atom is 0.228 e. The summed E-state index contributed by atoms with van der Waals surface area (Å²) in [4.78, 5) is 28.4. The molecule has 3 fully saturated rings. The quantitative estimate of drug-likeness (QED) is 0.623. The van der Waals surface area contributed by atoms with Crippen LogP contribution in [0.25, 0.3) is 0 Å². The van der Waals surface area contributed by atoms with E-state index in [-0.39, 0.29) is 24.9 Å². The fourth-order valence-corrected chi connectivity index (χ4v) is 4.22. The van der Waals surface area contributed by atoms with E-state index in [1.807, 2.05) is 41.5 Å². The molecule has 0 aliphatic carbocycles. The van der Waals surface area contributed by atoms with Crippen molar-refractivity contribution in [2.45, 2.75) is 78.2 Å². The molecule has 2 amide bonds. The number of likely N-dealkylation sites (tertiary alicyclic amines) is 2. The molecule has 3 heterocycles. The van der Waals surface area contributed by atoms with Crippen molar-refractivity contribution in [1.29, 1.82) is 0 Å². The number of amides is 2. The molecule has 0 aromatic rings. The highest BCUT2D eigenvalue weighted by Gasteiger charge is 2.60. The molecule has 0 aromatic heterocycles.